The van der Waals surface area contributed by atoms with Gasteiger partial charge in [-0.15, -0.1) is 11.3 Å². The lowest BCUT2D eigenvalue weighted by Crippen LogP contribution is -2.11. The molecule has 0 spiro atoms. The second kappa shape index (κ2) is 5.38. The molecule has 19 heavy (non-hydrogen) atoms. The summed E-state index contributed by atoms with van der Waals surface area (Å²) in [5, 5.41) is 5.89. The van der Waals surface area contributed by atoms with Crippen molar-refractivity contribution in [2.75, 3.05) is 5.32 Å². The van der Waals surface area contributed by atoms with Crippen LogP contribution in [0.15, 0.2) is 41.8 Å². The van der Waals surface area contributed by atoms with Crippen LogP contribution in [0.25, 0.3) is 0 Å². The maximum Gasteiger partial charge on any atom is 0.0634 e. The third-order valence-corrected chi connectivity index (χ3v) is 4.80. The quantitative estimate of drug-likeness (QED) is 0.764. The van der Waals surface area contributed by atoms with Gasteiger partial charge >= 0.3 is 0 Å². The van der Waals surface area contributed by atoms with Crippen molar-refractivity contribution >= 4 is 17.0 Å². The minimum atomic E-state index is 0.505. The van der Waals surface area contributed by atoms with Gasteiger partial charge < -0.3 is 5.32 Å². The van der Waals surface area contributed by atoms with E-state index in [9.17, 15) is 0 Å². The van der Waals surface area contributed by atoms with Gasteiger partial charge in [0, 0.05) is 10.6 Å². The highest BCUT2D eigenvalue weighted by molar-refractivity contribution is 7.10. The molecule has 2 heteroatoms. The molecule has 0 aliphatic heterocycles. The summed E-state index contributed by atoms with van der Waals surface area (Å²) in [5.41, 5.74) is 2.65. The fraction of sp³-hybridized carbons (Fsp3) is 0.412. The van der Waals surface area contributed by atoms with Crippen LogP contribution in [0, 0.1) is 5.92 Å². The van der Waals surface area contributed by atoms with Crippen LogP contribution < -0.4 is 5.32 Å². The maximum atomic E-state index is 3.72. The molecular weight excluding hydrogens is 250 g/mol. The van der Waals surface area contributed by atoms with Gasteiger partial charge in [-0.05, 0) is 53.8 Å². The Morgan fingerprint density at radius 3 is 2.37 bits per heavy atom. The van der Waals surface area contributed by atoms with E-state index >= 15 is 0 Å². The predicted molar refractivity (Wildman–Crippen MR) is 83.9 cm³/mol. The molecule has 0 bridgehead atoms. The number of nitrogens with one attached hydrogen (secondary N) is 1. The first-order valence-corrected chi connectivity index (χ1v) is 8.02. The van der Waals surface area contributed by atoms with Gasteiger partial charge in [0.05, 0.1) is 6.04 Å². The zero-order chi connectivity index (χ0) is 13.2. The summed E-state index contributed by atoms with van der Waals surface area (Å²) in [6.45, 7) is 4.47. The van der Waals surface area contributed by atoms with Crippen LogP contribution in [0.3, 0.4) is 0 Å². The van der Waals surface area contributed by atoms with Gasteiger partial charge in [0.1, 0.15) is 0 Å². The number of thiophene rings is 1. The molecule has 1 aromatic carbocycles. The van der Waals surface area contributed by atoms with Gasteiger partial charge in [0.25, 0.3) is 0 Å². The lowest BCUT2D eigenvalue weighted by atomic mass is 10.0. The molecular formula is C17H21NS. The van der Waals surface area contributed by atoms with Crippen LogP contribution in [0.1, 0.15) is 49.1 Å². The fourth-order valence-corrected chi connectivity index (χ4v) is 3.33. The van der Waals surface area contributed by atoms with Crippen LogP contribution in [-0.2, 0) is 0 Å². The van der Waals surface area contributed by atoms with Gasteiger partial charge in [0.2, 0.25) is 0 Å². The van der Waals surface area contributed by atoms with Crippen molar-refractivity contribution in [3.05, 3.63) is 52.2 Å². The van der Waals surface area contributed by atoms with E-state index in [4.69, 9.17) is 0 Å². The minimum absolute atomic E-state index is 0.505. The number of anilines is 1. The molecule has 3 rings (SSSR count). The second-order valence-corrected chi connectivity index (χ2v) is 6.73. The Kier molecular flexibility index (Phi) is 3.61. The first-order chi connectivity index (χ1) is 9.24. The summed E-state index contributed by atoms with van der Waals surface area (Å²) in [7, 11) is 0. The summed E-state index contributed by atoms with van der Waals surface area (Å²) in [5.74, 6) is 1.43. The van der Waals surface area contributed by atoms with Gasteiger partial charge in [-0.25, -0.2) is 0 Å². The van der Waals surface area contributed by atoms with Gasteiger partial charge in [-0.2, -0.15) is 0 Å². The minimum Gasteiger partial charge on any atom is -0.377 e. The Labute approximate surface area is 119 Å². The highest BCUT2D eigenvalue weighted by Gasteiger charge is 2.32. The smallest absolute Gasteiger partial charge is 0.0634 e. The summed E-state index contributed by atoms with van der Waals surface area (Å²) in [4.78, 5) is 1.47. The van der Waals surface area contributed by atoms with Crippen LogP contribution in [-0.4, -0.2) is 0 Å². The van der Waals surface area contributed by atoms with E-state index in [-0.39, 0.29) is 0 Å². The lowest BCUT2D eigenvalue weighted by molar-refractivity contribution is 0.691. The van der Waals surface area contributed by atoms with Gasteiger partial charge in [0.15, 0.2) is 0 Å². The van der Waals surface area contributed by atoms with E-state index in [0.717, 1.165) is 5.92 Å². The summed E-state index contributed by atoms with van der Waals surface area (Å²) >= 11 is 1.86. The topological polar surface area (TPSA) is 12.0 Å². The molecule has 1 nitrogen and oxygen atoms in total. The lowest BCUT2D eigenvalue weighted by Gasteiger charge is -2.19. The first-order valence-electron chi connectivity index (χ1n) is 7.14. The van der Waals surface area contributed by atoms with Gasteiger partial charge in [-0.3, -0.25) is 0 Å². The largest absolute Gasteiger partial charge is 0.377 e. The van der Waals surface area contributed by atoms with E-state index in [2.05, 4.69) is 60.9 Å². The van der Waals surface area contributed by atoms with Crippen molar-refractivity contribution in [3.63, 3.8) is 0 Å². The summed E-state index contributed by atoms with van der Waals surface area (Å²) in [6.07, 6.45) is 2.72. The van der Waals surface area contributed by atoms with Crippen molar-refractivity contribution in [2.45, 2.75) is 38.6 Å². The molecule has 1 N–H and O–H groups in total. The van der Waals surface area contributed by atoms with Crippen molar-refractivity contribution in [2.24, 2.45) is 5.92 Å². The third kappa shape index (κ3) is 3.01. The molecule has 1 aromatic heterocycles. The van der Waals surface area contributed by atoms with Gasteiger partial charge in [-0.1, -0.05) is 32.0 Å². The SMILES string of the molecule is CC(C)c1ccc(NC(c2cccs2)C2CC2)cc1. The number of hydrogen-bond donors (Lipinski definition) is 1. The Balaban J connectivity index is 1.75. The summed E-state index contributed by atoms with van der Waals surface area (Å²) < 4.78 is 0. The van der Waals surface area contributed by atoms with Crippen LogP contribution >= 0.6 is 11.3 Å². The Bertz CT molecular complexity index is 509. The van der Waals surface area contributed by atoms with E-state index in [1.807, 2.05) is 11.3 Å². The molecule has 0 saturated heterocycles. The summed E-state index contributed by atoms with van der Waals surface area (Å²) in [6, 6.07) is 13.8. The van der Waals surface area contributed by atoms with E-state index in [0.29, 0.717) is 12.0 Å². The fourth-order valence-electron chi connectivity index (χ4n) is 2.46. The standard InChI is InChI=1S/C17H21NS/c1-12(2)13-7-9-15(10-8-13)18-17(14-5-6-14)16-4-3-11-19-16/h3-4,7-12,14,17-18H,5-6H2,1-2H3. The van der Waals surface area contributed by atoms with Crippen molar-refractivity contribution in [1.29, 1.82) is 0 Å². The molecule has 1 aliphatic rings. The molecule has 1 aliphatic carbocycles. The Hall–Kier alpha value is -1.28. The van der Waals surface area contributed by atoms with E-state index in [1.165, 1.54) is 29.0 Å². The molecule has 1 heterocycles. The highest BCUT2D eigenvalue weighted by atomic mass is 32.1. The number of benzene rings is 1. The second-order valence-electron chi connectivity index (χ2n) is 5.75. The van der Waals surface area contributed by atoms with Crippen molar-refractivity contribution in [3.8, 4) is 0 Å². The Morgan fingerprint density at radius 1 is 1.11 bits per heavy atom. The van der Waals surface area contributed by atoms with E-state index < -0.39 is 0 Å². The number of hydrogen-bond acceptors (Lipinski definition) is 2. The predicted octanol–water partition coefficient (Wildman–Crippen LogP) is 5.43. The maximum absolute atomic E-state index is 3.72. The van der Waals surface area contributed by atoms with E-state index in [1.54, 1.807) is 0 Å². The van der Waals surface area contributed by atoms with Crippen LogP contribution in [0.5, 0.6) is 0 Å². The molecule has 1 saturated carbocycles. The van der Waals surface area contributed by atoms with Crippen molar-refractivity contribution in [1.82, 2.24) is 0 Å². The molecule has 2 aromatic rings. The average Bonchev–Trinajstić information content (AvgIpc) is 3.11. The molecule has 100 valence electrons. The Morgan fingerprint density at radius 2 is 1.84 bits per heavy atom. The van der Waals surface area contributed by atoms with Crippen molar-refractivity contribution < 1.29 is 0 Å². The first kappa shape index (κ1) is 12.7. The molecule has 1 unspecified atom stereocenters. The monoisotopic (exact) mass is 271 g/mol. The average molecular weight is 271 g/mol. The molecule has 1 fully saturated rings. The molecule has 0 radical (unpaired) electrons. The zero-order valence-electron chi connectivity index (χ0n) is 11.6. The zero-order valence-corrected chi connectivity index (χ0v) is 12.4. The van der Waals surface area contributed by atoms with Crippen LogP contribution in [0.4, 0.5) is 5.69 Å². The normalized spacial score (nSPS) is 16.6. The highest BCUT2D eigenvalue weighted by Crippen LogP contribution is 2.44. The molecule has 0 amide bonds. The molecule has 1 atom stereocenters. The third-order valence-electron chi connectivity index (χ3n) is 3.84. The number of rotatable bonds is 5. The van der Waals surface area contributed by atoms with Crippen LogP contribution in [0.2, 0.25) is 0 Å².